The summed E-state index contributed by atoms with van der Waals surface area (Å²) in [6, 6.07) is 13.8. The Balaban J connectivity index is 2.00. The van der Waals surface area contributed by atoms with Crippen molar-refractivity contribution in [1.82, 2.24) is 0 Å². The number of β-lactam (4-membered cyclic amide) rings is 1. The van der Waals surface area contributed by atoms with Gasteiger partial charge in [0.15, 0.2) is 5.60 Å². The predicted octanol–water partition coefficient (Wildman–Crippen LogP) is 2.61. The quantitative estimate of drug-likeness (QED) is 0.695. The summed E-state index contributed by atoms with van der Waals surface area (Å²) < 4.78 is 13.0. The van der Waals surface area contributed by atoms with Gasteiger partial charge in [-0.25, -0.2) is 4.39 Å². The fraction of sp³-hybridized carbons (Fsp3) is 0.118. The minimum Gasteiger partial charge on any atom is -0.373 e. The van der Waals surface area contributed by atoms with E-state index in [9.17, 15) is 14.3 Å². The van der Waals surface area contributed by atoms with Crippen molar-refractivity contribution in [2.45, 2.75) is 11.6 Å². The van der Waals surface area contributed by atoms with Crippen molar-refractivity contribution < 1.29 is 14.3 Å². The van der Waals surface area contributed by atoms with Gasteiger partial charge in [-0.2, -0.15) is 0 Å². The standard InChI is InChI=1S/C17H14FNO2/c1-2-15-17(21,12-8-10-13(18)11-9-12)16(20)19(15)14-6-4-3-5-7-14/h2-11,15,21H,1H2. The number of aliphatic hydroxyl groups is 1. The fourth-order valence-corrected chi connectivity index (χ4v) is 2.70. The Bertz CT molecular complexity index is 684. The monoisotopic (exact) mass is 283 g/mol. The summed E-state index contributed by atoms with van der Waals surface area (Å²) >= 11 is 0. The van der Waals surface area contributed by atoms with Crippen LogP contribution in [0.25, 0.3) is 0 Å². The van der Waals surface area contributed by atoms with E-state index >= 15 is 0 Å². The molecule has 1 saturated heterocycles. The molecule has 1 heterocycles. The maximum absolute atomic E-state index is 13.0. The lowest BCUT2D eigenvalue weighted by Crippen LogP contribution is -2.71. The summed E-state index contributed by atoms with van der Waals surface area (Å²) in [5.74, 6) is -0.852. The van der Waals surface area contributed by atoms with E-state index in [0.717, 1.165) is 0 Å². The van der Waals surface area contributed by atoms with Crippen molar-refractivity contribution >= 4 is 11.6 Å². The molecule has 1 aliphatic rings. The van der Waals surface area contributed by atoms with Crippen LogP contribution in [0.2, 0.25) is 0 Å². The molecular weight excluding hydrogens is 269 g/mol. The molecule has 1 fully saturated rings. The van der Waals surface area contributed by atoms with E-state index in [1.807, 2.05) is 18.2 Å². The lowest BCUT2D eigenvalue weighted by Gasteiger charge is -2.51. The topological polar surface area (TPSA) is 40.5 Å². The summed E-state index contributed by atoms with van der Waals surface area (Å²) in [7, 11) is 0. The molecule has 106 valence electrons. The number of halogens is 1. The second-order valence-electron chi connectivity index (χ2n) is 4.96. The van der Waals surface area contributed by atoms with Crippen LogP contribution in [0.15, 0.2) is 67.3 Å². The van der Waals surface area contributed by atoms with Crippen LogP contribution in [0.5, 0.6) is 0 Å². The van der Waals surface area contributed by atoms with Gasteiger partial charge in [0.2, 0.25) is 0 Å². The Morgan fingerprint density at radius 3 is 2.33 bits per heavy atom. The Labute approximate surface area is 121 Å². The van der Waals surface area contributed by atoms with Crippen LogP contribution in [0.4, 0.5) is 10.1 Å². The van der Waals surface area contributed by atoms with Crippen LogP contribution in [-0.4, -0.2) is 17.1 Å². The third-order valence-corrected chi connectivity index (χ3v) is 3.79. The molecule has 0 bridgehead atoms. The van der Waals surface area contributed by atoms with Gasteiger partial charge in [-0.3, -0.25) is 9.69 Å². The van der Waals surface area contributed by atoms with Gasteiger partial charge in [-0.1, -0.05) is 36.4 Å². The minimum atomic E-state index is -1.69. The Kier molecular flexibility index (Phi) is 3.11. The molecule has 1 N–H and O–H groups in total. The zero-order valence-electron chi connectivity index (χ0n) is 11.2. The average Bonchev–Trinajstić information content (AvgIpc) is 2.52. The van der Waals surface area contributed by atoms with Gasteiger partial charge in [0.25, 0.3) is 5.91 Å². The summed E-state index contributed by atoms with van der Waals surface area (Å²) in [6.45, 7) is 3.70. The first-order chi connectivity index (χ1) is 10.1. The van der Waals surface area contributed by atoms with Gasteiger partial charge in [0.1, 0.15) is 5.82 Å². The van der Waals surface area contributed by atoms with E-state index in [4.69, 9.17) is 0 Å². The molecule has 1 amide bonds. The first-order valence-electron chi connectivity index (χ1n) is 6.58. The highest BCUT2D eigenvalue weighted by Gasteiger charge is 2.60. The molecule has 3 nitrogen and oxygen atoms in total. The van der Waals surface area contributed by atoms with Gasteiger partial charge in [0, 0.05) is 5.69 Å². The molecule has 2 aromatic rings. The highest BCUT2D eigenvalue weighted by Crippen LogP contribution is 2.43. The summed E-state index contributed by atoms with van der Waals surface area (Å²) in [5.41, 5.74) is -0.629. The number of carbonyl (C=O) groups excluding carboxylic acids is 1. The lowest BCUT2D eigenvalue weighted by atomic mass is 9.76. The van der Waals surface area contributed by atoms with Gasteiger partial charge >= 0.3 is 0 Å². The molecule has 4 heteroatoms. The molecule has 0 spiro atoms. The summed E-state index contributed by atoms with van der Waals surface area (Å²) in [5, 5.41) is 10.7. The van der Waals surface area contributed by atoms with E-state index in [-0.39, 0.29) is 0 Å². The second kappa shape index (κ2) is 4.82. The number of hydrogen-bond donors (Lipinski definition) is 1. The van der Waals surface area contributed by atoms with Gasteiger partial charge in [-0.15, -0.1) is 6.58 Å². The van der Waals surface area contributed by atoms with Gasteiger partial charge < -0.3 is 5.11 Å². The number of hydrogen-bond acceptors (Lipinski definition) is 2. The molecule has 0 saturated carbocycles. The van der Waals surface area contributed by atoms with E-state index < -0.39 is 23.4 Å². The fourth-order valence-electron chi connectivity index (χ4n) is 2.70. The molecule has 0 aromatic heterocycles. The second-order valence-corrected chi connectivity index (χ2v) is 4.96. The first kappa shape index (κ1) is 13.5. The Hall–Kier alpha value is -2.46. The molecule has 2 aromatic carbocycles. The molecule has 0 radical (unpaired) electrons. The minimum absolute atomic E-state index is 0.367. The Morgan fingerprint density at radius 2 is 1.76 bits per heavy atom. The summed E-state index contributed by atoms with van der Waals surface area (Å²) in [6.07, 6.45) is 1.53. The molecule has 0 aliphatic carbocycles. The molecular formula is C17H14FNO2. The number of benzene rings is 2. The van der Waals surface area contributed by atoms with Crippen molar-refractivity contribution in [1.29, 1.82) is 0 Å². The molecule has 2 atom stereocenters. The normalized spacial score (nSPS) is 24.6. The smallest absolute Gasteiger partial charge is 0.266 e. The number of nitrogens with zero attached hydrogens (tertiary/aromatic N) is 1. The van der Waals surface area contributed by atoms with Gasteiger partial charge in [-0.05, 0) is 29.8 Å². The van der Waals surface area contributed by atoms with Crippen LogP contribution in [-0.2, 0) is 10.4 Å². The van der Waals surface area contributed by atoms with Crippen molar-refractivity contribution in [2.75, 3.05) is 4.90 Å². The van der Waals surface area contributed by atoms with E-state index in [1.54, 1.807) is 12.1 Å². The maximum atomic E-state index is 13.0. The lowest BCUT2D eigenvalue weighted by molar-refractivity contribution is -0.152. The zero-order valence-corrected chi connectivity index (χ0v) is 11.2. The number of anilines is 1. The van der Waals surface area contributed by atoms with Crippen molar-refractivity contribution in [3.05, 3.63) is 78.6 Å². The molecule has 21 heavy (non-hydrogen) atoms. The van der Waals surface area contributed by atoms with Gasteiger partial charge in [0.05, 0.1) is 6.04 Å². The van der Waals surface area contributed by atoms with E-state index in [2.05, 4.69) is 6.58 Å². The van der Waals surface area contributed by atoms with Crippen LogP contribution < -0.4 is 4.90 Å². The molecule has 3 rings (SSSR count). The van der Waals surface area contributed by atoms with Crippen LogP contribution in [0.1, 0.15) is 5.56 Å². The highest BCUT2D eigenvalue weighted by atomic mass is 19.1. The SMILES string of the molecule is C=CC1N(c2ccccc2)C(=O)C1(O)c1ccc(F)cc1. The largest absolute Gasteiger partial charge is 0.373 e. The van der Waals surface area contributed by atoms with Crippen LogP contribution in [0, 0.1) is 5.82 Å². The molecule has 1 aliphatic heterocycles. The average molecular weight is 283 g/mol. The van der Waals surface area contributed by atoms with Crippen molar-refractivity contribution in [3.8, 4) is 0 Å². The number of carbonyl (C=O) groups is 1. The van der Waals surface area contributed by atoms with Crippen LogP contribution >= 0.6 is 0 Å². The van der Waals surface area contributed by atoms with E-state index in [0.29, 0.717) is 11.3 Å². The predicted molar refractivity (Wildman–Crippen MR) is 78.2 cm³/mol. The zero-order chi connectivity index (χ0) is 15.0. The molecule has 2 unspecified atom stereocenters. The van der Waals surface area contributed by atoms with E-state index in [1.165, 1.54) is 35.2 Å². The third kappa shape index (κ3) is 1.87. The highest BCUT2D eigenvalue weighted by molar-refractivity contribution is 6.09. The van der Waals surface area contributed by atoms with Crippen LogP contribution in [0.3, 0.4) is 0 Å². The third-order valence-electron chi connectivity index (χ3n) is 3.79. The van der Waals surface area contributed by atoms with Crippen molar-refractivity contribution in [3.63, 3.8) is 0 Å². The number of amides is 1. The number of para-hydroxylation sites is 1. The summed E-state index contributed by atoms with van der Waals surface area (Å²) in [4.78, 5) is 14.0. The maximum Gasteiger partial charge on any atom is 0.266 e. The first-order valence-corrected chi connectivity index (χ1v) is 6.58. The van der Waals surface area contributed by atoms with Crippen molar-refractivity contribution in [2.24, 2.45) is 0 Å². The number of rotatable bonds is 3. The Morgan fingerprint density at radius 1 is 1.14 bits per heavy atom.